The molecule has 0 radical (unpaired) electrons. The van der Waals surface area contributed by atoms with E-state index in [1.807, 2.05) is 30.3 Å². The van der Waals surface area contributed by atoms with Gasteiger partial charge in [0, 0.05) is 30.5 Å². The van der Waals surface area contributed by atoms with E-state index in [4.69, 9.17) is 0 Å². The van der Waals surface area contributed by atoms with E-state index < -0.39 is 0 Å². The van der Waals surface area contributed by atoms with Crippen molar-refractivity contribution >= 4 is 17.5 Å². The Balaban J connectivity index is 1.36. The third-order valence-electron chi connectivity index (χ3n) is 5.48. The molecule has 3 N–H and O–H groups in total. The summed E-state index contributed by atoms with van der Waals surface area (Å²) < 4.78 is 0. The van der Waals surface area contributed by atoms with Crippen LogP contribution in [-0.2, 0) is 9.59 Å². The fourth-order valence-electron chi connectivity index (χ4n) is 3.98. The van der Waals surface area contributed by atoms with Crippen LogP contribution in [0.5, 0.6) is 0 Å². The van der Waals surface area contributed by atoms with E-state index in [1.54, 1.807) is 0 Å². The van der Waals surface area contributed by atoms with E-state index in [1.165, 1.54) is 24.2 Å². The van der Waals surface area contributed by atoms with E-state index in [-0.39, 0.29) is 23.8 Å². The minimum absolute atomic E-state index is 0.0610. The molecule has 1 saturated heterocycles. The van der Waals surface area contributed by atoms with Crippen molar-refractivity contribution in [2.24, 2.45) is 5.92 Å². The molecule has 2 fully saturated rings. The number of carbonyl (C=O) groups excluding carboxylic acids is 2. The van der Waals surface area contributed by atoms with Gasteiger partial charge in [-0.15, -0.1) is 0 Å². The van der Waals surface area contributed by atoms with Crippen molar-refractivity contribution in [3.8, 4) is 0 Å². The zero-order valence-corrected chi connectivity index (χ0v) is 14.9. The van der Waals surface area contributed by atoms with Gasteiger partial charge in [0.2, 0.25) is 5.91 Å². The van der Waals surface area contributed by atoms with Gasteiger partial charge in [-0.1, -0.05) is 37.5 Å². The average Bonchev–Trinajstić information content (AvgIpc) is 2.65. The largest absolute Gasteiger partial charge is 0.353 e. The minimum atomic E-state index is 0.0610. The summed E-state index contributed by atoms with van der Waals surface area (Å²) in [5, 5.41) is 6.20. The van der Waals surface area contributed by atoms with Crippen molar-refractivity contribution in [2.75, 3.05) is 25.0 Å². The van der Waals surface area contributed by atoms with Crippen LogP contribution in [0.25, 0.3) is 0 Å². The number of nitrogens with one attached hydrogen (secondary N) is 3. The molecule has 3 rings (SSSR count). The van der Waals surface area contributed by atoms with Crippen LogP contribution in [0.3, 0.4) is 0 Å². The van der Waals surface area contributed by atoms with Gasteiger partial charge in [0.15, 0.2) is 6.54 Å². The van der Waals surface area contributed by atoms with Gasteiger partial charge >= 0.3 is 0 Å². The Morgan fingerprint density at radius 2 is 1.64 bits per heavy atom. The van der Waals surface area contributed by atoms with Crippen molar-refractivity contribution < 1.29 is 14.5 Å². The Bertz CT molecular complexity index is 562. The van der Waals surface area contributed by atoms with Crippen molar-refractivity contribution in [2.45, 2.75) is 51.0 Å². The van der Waals surface area contributed by atoms with E-state index >= 15 is 0 Å². The predicted octanol–water partition coefficient (Wildman–Crippen LogP) is 1.37. The molecule has 0 bridgehead atoms. The number of quaternary nitrogens is 1. The third kappa shape index (κ3) is 5.56. The lowest BCUT2D eigenvalue weighted by Crippen LogP contribution is -3.14. The maximum atomic E-state index is 12.3. The summed E-state index contributed by atoms with van der Waals surface area (Å²) in [6, 6.07) is 9.87. The number of hydrogen-bond donors (Lipinski definition) is 3. The summed E-state index contributed by atoms with van der Waals surface area (Å²) >= 11 is 0. The molecule has 5 heteroatoms. The summed E-state index contributed by atoms with van der Waals surface area (Å²) in [6.07, 6.45) is 7.69. The Hall–Kier alpha value is -1.88. The number of amides is 2. The topological polar surface area (TPSA) is 62.6 Å². The SMILES string of the molecule is O=C(C[NH+]1CCC(NC(=O)C2CCCCC2)CC1)Nc1ccccc1. The minimum Gasteiger partial charge on any atom is -0.353 e. The van der Waals surface area contributed by atoms with Gasteiger partial charge in [-0.2, -0.15) is 0 Å². The third-order valence-corrected chi connectivity index (χ3v) is 5.48. The second-order valence-corrected chi connectivity index (χ2v) is 7.46. The van der Waals surface area contributed by atoms with Crippen molar-refractivity contribution in [1.29, 1.82) is 0 Å². The number of rotatable bonds is 5. The van der Waals surface area contributed by atoms with Crippen LogP contribution >= 0.6 is 0 Å². The molecule has 1 aliphatic heterocycles. The Morgan fingerprint density at radius 1 is 0.960 bits per heavy atom. The monoisotopic (exact) mass is 344 g/mol. The lowest BCUT2D eigenvalue weighted by atomic mass is 9.88. The first-order chi connectivity index (χ1) is 12.2. The quantitative estimate of drug-likeness (QED) is 0.755. The molecule has 5 nitrogen and oxygen atoms in total. The summed E-state index contributed by atoms with van der Waals surface area (Å²) in [4.78, 5) is 25.8. The Kier molecular flexibility index (Phi) is 6.45. The van der Waals surface area contributed by atoms with Gasteiger partial charge in [-0.05, 0) is 25.0 Å². The fourth-order valence-corrected chi connectivity index (χ4v) is 3.98. The van der Waals surface area contributed by atoms with E-state index in [0.29, 0.717) is 6.54 Å². The van der Waals surface area contributed by atoms with Crippen LogP contribution in [0.2, 0.25) is 0 Å². The first kappa shape index (κ1) is 17.9. The molecular formula is C20H30N3O2+. The number of carbonyl (C=O) groups is 2. The molecule has 2 amide bonds. The molecular weight excluding hydrogens is 314 g/mol. The first-order valence-corrected chi connectivity index (χ1v) is 9.69. The van der Waals surface area contributed by atoms with Crippen LogP contribution in [0, 0.1) is 5.92 Å². The number of benzene rings is 1. The molecule has 0 spiro atoms. The van der Waals surface area contributed by atoms with Crippen molar-refractivity contribution in [1.82, 2.24) is 5.32 Å². The lowest BCUT2D eigenvalue weighted by molar-refractivity contribution is -0.897. The number of likely N-dealkylation sites (tertiary alicyclic amines) is 1. The van der Waals surface area contributed by atoms with Gasteiger partial charge in [-0.25, -0.2) is 0 Å². The van der Waals surface area contributed by atoms with E-state index in [9.17, 15) is 9.59 Å². The molecule has 1 aromatic rings. The molecule has 1 heterocycles. The maximum absolute atomic E-state index is 12.3. The Labute approximate surface area is 150 Å². The van der Waals surface area contributed by atoms with E-state index in [2.05, 4.69) is 10.6 Å². The molecule has 0 aromatic heterocycles. The first-order valence-electron chi connectivity index (χ1n) is 9.69. The highest BCUT2D eigenvalue weighted by atomic mass is 16.2. The van der Waals surface area contributed by atoms with Gasteiger partial charge in [0.25, 0.3) is 5.91 Å². The van der Waals surface area contributed by atoms with Crippen LogP contribution in [-0.4, -0.2) is 37.5 Å². The molecule has 25 heavy (non-hydrogen) atoms. The van der Waals surface area contributed by atoms with E-state index in [0.717, 1.165) is 44.5 Å². The maximum Gasteiger partial charge on any atom is 0.279 e. The summed E-state index contributed by atoms with van der Waals surface area (Å²) in [7, 11) is 0. The number of para-hydroxylation sites is 1. The van der Waals surface area contributed by atoms with Crippen LogP contribution < -0.4 is 15.5 Å². The number of piperidine rings is 1. The number of anilines is 1. The molecule has 136 valence electrons. The van der Waals surface area contributed by atoms with Gasteiger partial charge in [0.1, 0.15) is 0 Å². The highest BCUT2D eigenvalue weighted by Gasteiger charge is 2.28. The predicted molar refractivity (Wildman–Crippen MR) is 98.4 cm³/mol. The van der Waals surface area contributed by atoms with Crippen LogP contribution in [0.15, 0.2) is 30.3 Å². The second-order valence-electron chi connectivity index (χ2n) is 7.46. The van der Waals surface area contributed by atoms with Gasteiger partial charge < -0.3 is 15.5 Å². The Morgan fingerprint density at radius 3 is 2.32 bits per heavy atom. The summed E-state index contributed by atoms with van der Waals surface area (Å²) in [5.41, 5.74) is 0.849. The van der Waals surface area contributed by atoms with Crippen molar-refractivity contribution in [3.05, 3.63) is 30.3 Å². The molecule has 1 saturated carbocycles. The van der Waals surface area contributed by atoms with Crippen molar-refractivity contribution in [3.63, 3.8) is 0 Å². The second kappa shape index (κ2) is 8.99. The highest BCUT2D eigenvalue weighted by Crippen LogP contribution is 2.23. The summed E-state index contributed by atoms with van der Waals surface area (Å²) in [5.74, 6) is 0.552. The summed E-state index contributed by atoms with van der Waals surface area (Å²) in [6.45, 7) is 2.38. The standard InChI is InChI=1S/C20H29N3O2/c24-19(21-17-9-5-2-6-10-17)15-23-13-11-18(12-14-23)22-20(25)16-7-3-1-4-8-16/h2,5-6,9-10,16,18H,1,3-4,7-8,11-15H2,(H,21,24)(H,22,25)/p+1. The molecule has 1 aromatic carbocycles. The van der Waals surface area contributed by atoms with Gasteiger partial charge in [-0.3, -0.25) is 9.59 Å². The normalized spacial score (nSPS) is 24.5. The molecule has 1 aliphatic carbocycles. The van der Waals surface area contributed by atoms with Crippen LogP contribution in [0.1, 0.15) is 44.9 Å². The highest BCUT2D eigenvalue weighted by molar-refractivity contribution is 5.91. The number of hydrogen-bond acceptors (Lipinski definition) is 2. The molecule has 2 aliphatic rings. The zero-order valence-electron chi connectivity index (χ0n) is 14.9. The molecule has 0 atom stereocenters. The zero-order chi connectivity index (χ0) is 17.5. The average molecular weight is 344 g/mol. The smallest absolute Gasteiger partial charge is 0.279 e. The fraction of sp³-hybridized carbons (Fsp3) is 0.600. The molecule has 0 unspecified atom stereocenters. The lowest BCUT2D eigenvalue weighted by Gasteiger charge is -2.31. The van der Waals surface area contributed by atoms with Gasteiger partial charge in [0.05, 0.1) is 13.1 Å². The van der Waals surface area contributed by atoms with Crippen LogP contribution in [0.4, 0.5) is 5.69 Å².